The fourth-order valence-electron chi connectivity index (χ4n) is 1.64. The fraction of sp³-hybridized carbons (Fsp3) is 0.357. The van der Waals surface area contributed by atoms with Gasteiger partial charge in [0.05, 0.1) is 11.5 Å². The maximum Gasteiger partial charge on any atom is 0.244 e. The van der Waals surface area contributed by atoms with Gasteiger partial charge in [-0.3, -0.25) is 4.79 Å². The van der Waals surface area contributed by atoms with E-state index < -0.39 is 15.7 Å². The highest BCUT2D eigenvalue weighted by Gasteiger charge is 2.17. The molecule has 0 fully saturated rings. The lowest BCUT2D eigenvalue weighted by molar-refractivity contribution is -0.117. The molecule has 0 saturated heterocycles. The van der Waals surface area contributed by atoms with Gasteiger partial charge in [0.15, 0.2) is 9.84 Å². The smallest absolute Gasteiger partial charge is 0.244 e. The predicted molar refractivity (Wildman–Crippen MR) is 84.8 cm³/mol. The Balaban J connectivity index is 2.70. The summed E-state index contributed by atoms with van der Waals surface area (Å²) in [6.45, 7) is 1.70. The first kappa shape index (κ1) is 17.7. The summed E-state index contributed by atoms with van der Waals surface area (Å²) in [5, 5.41) is 12.5. The summed E-state index contributed by atoms with van der Waals surface area (Å²) in [6.07, 6.45) is 2.83. The number of sulfone groups is 1. The van der Waals surface area contributed by atoms with E-state index in [1.807, 2.05) is 6.26 Å². The molecule has 21 heavy (non-hydrogen) atoms. The van der Waals surface area contributed by atoms with Crippen molar-refractivity contribution in [1.82, 2.24) is 5.32 Å². The largest absolute Gasteiger partial charge is 0.395 e. The average molecular weight is 329 g/mol. The first-order valence-electron chi connectivity index (χ1n) is 6.33. The predicted octanol–water partition coefficient (Wildman–Crippen LogP) is 1.20. The van der Waals surface area contributed by atoms with E-state index in [0.29, 0.717) is 0 Å². The Kier molecular flexibility index (Phi) is 6.94. The molecule has 0 bridgehead atoms. The van der Waals surface area contributed by atoms with E-state index in [1.54, 1.807) is 25.1 Å². The lowest BCUT2D eigenvalue weighted by atomic mass is 10.2. The van der Waals surface area contributed by atoms with Gasteiger partial charge in [-0.2, -0.15) is 11.8 Å². The maximum atomic E-state index is 12.0. The number of hydrogen-bond donors (Lipinski definition) is 2. The molecule has 5 nitrogen and oxygen atoms in total. The Morgan fingerprint density at radius 2 is 2.00 bits per heavy atom. The lowest BCUT2D eigenvalue weighted by Crippen LogP contribution is -2.40. The van der Waals surface area contributed by atoms with Gasteiger partial charge in [0.2, 0.25) is 5.91 Å². The molecule has 1 amide bonds. The Morgan fingerprint density at radius 1 is 1.38 bits per heavy atom. The molecule has 0 spiro atoms. The van der Waals surface area contributed by atoms with E-state index in [2.05, 4.69) is 5.32 Å². The molecule has 2 unspecified atom stereocenters. The highest BCUT2D eigenvalue weighted by atomic mass is 32.2. The second-order valence-electron chi connectivity index (χ2n) is 4.41. The van der Waals surface area contributed by atoms with Crippen LogP contribution in [-0.2, 0) is 14.6 Å². The first-order valence-corrected chi connectivity index (χ1v) is 9.16. The molecule has 7 heteroatoms. The molecule has 2 atom stereocenters. The number of amides is 1. The zero-order chi connectivity index (χ0) is 15.9. The summed E-state index contributed by atoms with van der Waals surface area (Å²) in [5.74, 6) is -0.505. The minimum atomic E-state index is -3.62. The van der Waals surface area contributed by atoms with Crippen LogP contribution in [0.4, 0.5) is 0 Å². The van der Waals surface area contributed by atoms with Crippen LogP contribution in [0.2, 0.25) is 0 Å². The van der Waals surface area contributed by atoms with Crippen LogP contribution in [0.1, 0.15) is 6.92 Å². The van der Waals surface area contributed by atoms with Crippen molar-refractivity contribution in [3.8, 4) is 0 Å². The summed E-state index contributed by atoms with van der Waals surface area (Å²) in [7, 11) is -3.62. The third-order valence-corrected chi connectivity index (χ3v) is 5.47. The van der Waals surface area contributed by atoms with Crippen molar-refractivity contribution >= 4 is 27.5 Å². The second kappa shape index (κ2) is 8.21. The molecule has 0 heterocycles. The van der Waals surface area contributed by atoms with Crippen LogP contribution >= 0.6 is 11.8 Å². The molecule has 2 N–H and O–H groups in total. The van der Waals surface area contributed by atoms with Crippen LogP contribution in [0.3, 0.4) is 0 Å². The first-order chi connectivity index (χ1) is 9.90. The van der Waals surface area contributed by atoms with E-state index in [0.717, 1.165) is 11.5 Å². The standard InChI is InChI=1S/C14H19NO4S2/c1-11(13(10-16)20-2)15-14(17)8-9-21(18,19)12-6-4-3-5-7-12/h3-9,11,13,16H,10H2,1-2H3,(H,15,17)/b9-8+. The number of rotatable bonds is 7. The van der Waals surface area contributed by atoms with E-state index in [-0.39, 0.29) is 22.8 Å². The molecule has 0 aromatic heterocycles. The molecule has 1 rings (SSSR count). The van der Waals surface area contributed by atoms with Crippen LogP contribution < -0.4 is 5.32 Å². The Labute approximate surface area is 129 Å². The van der Waals surface area contributed by atoms with Crippen LogP contribution in [-0.4, -0.2) is 43.6 Å². The molecule has 0 aliphatic rings. The zero-order valence-electron chi connectivity index (χ0n) is 11.9. The quantitative estimate of drug-likeness (QED) is 0.735. The zero-order valence-corrected chi connectivity index (χ0v) is 13.5. The van der Waals surface area contributed by atoms with Crippen molar-refractivity contribution in [3.63, 3.8) is 0 Å². The number of benzene rings is 1. The summed E-state index contributed by atoms with van der Waals surface area (Å²) in [4.78, 5) is 11.9. The third kappa shape index (κ3) is 5.53. The van der Waals surface area contributed by atoms with Crippen LogP contribution in [0.15, 0.2) is 46.7 Å². The van der Waals surface area contributed by atoms with Crippen molar-refractivity contribution in [2.75, 3.05) is 12.9 Å². The number of nitrogens with one attached hydrogen (secondary N) is 1. The van der Waals surface area contributed by atoms with Crippen LogP contribution in [0.5, 0.6) is 0 Å². The van der Waals surface area contributed by atoms with E-state index in [4.69, 9.17) is 5.11 Å². The SMILES string of the molecule is CSC(CO)C(C)NC(=O)/C=C/S(=O)(=O)c1ccccc1. The summed E-state index contributed by atoms with van der Waals surface area (Å²) in [5.41, 5.74) is 0. The minimum absolute atomic E-state index is 0.0609. The maximum absolute atomic E-state index is 12.0. The molecule has 1 aromatic carbocycles. The van der Waals surface area contributed by atoms with E-state index in [1.165, 1.54) is 23.9 Å². The summed E-state index contributed by atoms with van der Waals surface area (Å²) < 4.78 is 23.9. The molecule has 116 valence electrons. The monoisotopic (exact) mass is 329 g/mol. The number of hydrogen-bond acceptors (Lipinski definition) is 5. The van der Waals surface area contributed by atoms with Gasteiger partial charge in [0.25, 0.3) is 0 Å². The lowest BCUT2D eigenvalue weighted by Gasteiger charge is -2.20. The Morgan fingerprint density at radius 3 is 2.52 bits per heavy atom. The van der Waals surface area contributed by atoms with Gasteiger partial charge < -0.3 is 10.4 Å². The number of thioether (sulfide) groups is 1. The van der Waals surface area contributed by atoms with E-state index in [9.17, 15) is 13.2 Å². The van der Waals surface area contributed by atoms with Gasteiger partial charge in [-0.05, 0) is 25.3 Å². The van der Waals surface area contributed by atoms with Crippen molar-refractivity contribution in [2.45, 2.75) is 23.1 Å². The minimum Gasteiger partial charge on any atom is -0.395 e. The number of aliphatic hydroxyl groups is 1. The molecule has 0 radical (unpaired) electrons. The molecular weight excluding hydrogens is 310 g/mol. The van der Waals surface area contributed by atoms with Gasteiger partial charge in [0, 0.05) is 22.8 Å². The molecule has 0 saturated carbocycles. The topological polar surface area (TPSA) is 83.5 Å². The van der Waals surface area contributed by atoms with Gasteiger partial charge in [-0.25, -0.2) is 8.42 Å². The van der Waals surface area contributed by atoms with Crippen molar-refractivity contribution < 1.29 is 18.3 Å². The normalized spacial score (nSPS) is 14.8. The van der Waals surface area contributed by atoms with Crippen molar-refractivity contribution in [1.29, 1.82) is 0 Å². The van der Waals surface area contributed by atoms with Gasteiger partial charge in [-0.1, -0.05) is 18.2 Å². The Bertz CT molecular complexity index is 580. The summed E-state index contributed by atoms with van der Waals surface area (Å²) >= 11 is 1.43. The highest BCUT2D eigenvalue weighted by Crippen LogP contribution is 2.12. The molecule has 0 aliphatic carbocycles. The van der Waals surface area contributed by atoms with Crippen LogP contribution in [0, 0.1) is 0 Å². The van der Waals surface area contributed by atoms with Gasteiger partial charge >= 0.3 is 0 Å². The Hall–Kier alpha value is -1.31. The van der Waals surface area contributed by atoms with E-state index >= 15 is 0 Å². The highest BCUT2D eigenvalue weighted by molar-refractivity contribution is 7.99. The fourth-order valence-corrected chi connectivity index (χ4v) is 3.26. The van der Waals surface area contributed by atoms with Gasteiger partial charge in [0.1, 0.15) is 0 Å². The molecule has 0 aliphatic heterocycles. The number of aliphatic hydroxyl groups excluding tert-OH is 1. The third-order valence-electron chi connectivity index (χ3n) is 2.88. The summed E-state index contributed by atoms with van der Waals surface area (Å²) in [6, 6.07) is 7.63. The van der Waals surface area contributed by atoms with Crippen LogP contribution in [0.25, 0.3) is 0 Å². The molecule has 1 aromatic rings. The second-order valence-corrected chi connectivity index (χ2v) is 7.33. The number of carbonyl (C=O) groups is 1. The molecular formula is C14H19NO4S2. The van der Waals surface area contributed by atoms with Gasteiger partial charge in [-0.15, -0.1) is 0 Å². The van der Waals surface area contributed by atoms with Crippen molar-refractivity contribution in [3.05, 3.63) is 41.8 Å². The van der Waals surface area contributed by atoms with Crippen molar-refractivity contribution in [2.24, 2.45) is 0 Å². The average Bonchev–Trinajstić information content (AvgIpc) is 2.47. The number of carbonyl (C=O) groups excluding carboxylic acids is 1.